The zero-order chi connectivity index (χ0) is 17.5. The number of methoxy groups -OCH3 is 1. The zero-order valence-corrected chi connectivity index (χ0v) is 13.9. The molecule has 0 heterocycles. The second-order valence-corrected chi connectivity index (χ2v) is 6.76. The van der Waals surface area contributed by atoms with Crippen LogP contribution in [0.4, 0.5) is 5.69 Å². The van der Waals surface area contributed by atoms with E-state index in [0.29, 0.717) is 11.3 Å². The van der Waals surface area contributed by atoms with Gasteiger partial charge in [-0.25, -0.2) is 13.2 Å². The molecule has 126 valence electrons. The Hall–Kier alpha value is -2.19. The lowest BCUT2D eigenvalue weighted by Crippen LogP contribution is -2.33. The minimum Gasteiger partial charge on any atom is -0.465 e. The summed E-state index contributed by atoms with van der Waals surface area (Å²) in [5.74, 6) is -0.861. The summed E-state index contributed by atoms with van der Waals surface area (Å²) >= 11 is 0. The third-order valence-electron chi connectivity index (χ3n) is 2.96. The molecule has 0 fully saturated rings. The molecule has 1 amide bonds. The number of carbonyl (C=O) groups excluding carboxylic acids is 2. The van der Waals surface area contributed by atoms with Gasteiger partial charge in [0.1, 0.15) is 0 Å². The summed E-state index contributed by atoms with van der Waals surface area (Å²) in [6.45, 7) is 3.68. The van der Waals surface area contributed by atoms with Crippen molar-refractivity contribution in [2.24, 2.45) is 0 Å². The van der Waals surface area contributed by atoms with Gasteiger partial charge in [-0.15, -0.1) is 6.58 Å². The molecule has 23 heavy (non-hydrogen) atoms. The molecule has 1 aromatic rings. The summed E-state index contributed by atoms with van der Waals surface area (Å²) in [5.41, 5.74) is 0.752. The maximum absolute atomic E-state index is 11.9. The summed E-state index contributed by atoms with van der Waals surface area (Å²) < 4.78 is 28.8. The number of hydrogen-bond acceptors (Lipinski definition) is 5. The molecule has 0 bridgehead atoms. The topological polar surface area (TPSA) is 92.8 Å². The molecule has 0 aliphatic rings. The Morgan fingerprint density at radius 3 is 2.65 bits per heavy atom. The van der Waals surface area contributed by atoms with E-state index in [4.69, 9.17) is 0 Å². The van der Waals surface area contributed by atoms with Crippen LogP contribution in [0.2, 0.25) is 0 Å². The second kappa shape index (κ2) is 8.44. The number of sulfonamides is 1. The third-order valence-corrected chi connectivity index (χ3v) is 4.23. The van der Waals surface area contributed by atoms with E-state index in [1.807, 2.05) is 0 Å². The van der Waals surface area contributed by atoms with E-state index in [0.717, 1.165) is 10.6 Å². The molecule has 1 N–H and O–H groups in total. The molecule has 8 heteroatoms. The van der Waals surface area contributed by atoms with Crippen LogP contribution in [0.1, 0.15) is 16.8 Å². The zero-order valence-electron chi connectivity index (χ0n) is 13.1. The Labute approximate surface area is 136 Å². The SMILES string of the molecule is C=CCN(CCC(=O)Nc1cccc(C(=O)OC)c1)S(C)(=O)=O. The minimum absolute atomic E-state index is 0.0106. The van der Waals surface area contributed by atoms with Crippen LogP contribution in [0.25, 0.3) is 0 Å². The Morgan fingerprint density at radius 1 is 1.39 bits per heavy atom. The summed E-state index contributed by atoms with van der Waals surface area (Å²) in [7, 11) is -2.13. The van der Waals surface area contributed by atoms with Gasteiger partial charge in [0, 0.05) is 25.2 Å². The molecular formula is C15H20N2O5S. The molecule has 0 aromatic heterocycles. The lowest BCUT2D eigenvalue weighted by molar-refractivity contribution is -0.116. The summed E-state index contributed by atoms with van der Waals surface area (Å²) in [6.07, 6.45) is 2.52. The van der Waals surface area contributed by atoms with E-state index in [-0.39, 0.29) is 25.4 Å². The fourth-order valence-electron chi connectivity index (χ4n) is 1.83. The van der Waals surface area contributed by atoms with Crippen LogP contribution in [0.3, 0.4) is 0 Å². The van der Waals surface area contributed by atoms with Gasteiger partial charge >= 0.3 is 5.97 Å². The van der Waals surface area contributed by atoms with Gasteiger partial charge in [-0.05, 0) is 18.2 Å². The number of rotatable bonds is 8. The van der Waals surface area contributed by atoms with Crippen molar-refractivity contribution < 1.29 is 22.7 Å². The minimum atomic E-state index is -3.40. The van der Waals surface area contributed by atoms with Crippen molar-refractivity contribution in [3.8, 4) is 0 Å². The molecule has 0 spiro atoms. The highest BCUT2D eigenvalue weighted by atomic mass is 32.2. The predicted molar refractivity (Wildman–Crippen MR) is 87.6 cm³/mol. The van der Waals surface area contributed by atoms with E-state index < -0.39 is 16.0 Å². The van der Waals surface area contributed by atoms with E-state index in [1.165, 1.54) is 19.3 Å². The Morgan fingerprint density at radius 2 is 2.09 bits per heavy atom. The molecule has 0 aliphatic carbocycles. The van der Waals surface area contributed by atoms with Gasteiger partial charge in [0.15, 0.2) is 0 Å². The van der Waals surface area contributed by atoms with Gasteiger partial charge in [-0.2, -0.15) is 4.31 Å². The van der Waals surface area contributed by atoms with Crippen molar-refractivity contribution in [3.05, 3.63) is 42.5 Å². The van der Waals surface area contributed by atoms with E-state index in [1.54, 1.807) is 18.2 Å². The first-order valence-electron chi connectivity index (χ1n) is 6.82. The maximum atomic E-state index is 11.9. The maximum Gasteiger partial charge on any atom is 0.337 e. The predicted octanol–water partition coefficient (Wildman–Crippen LogP) is 1.25. The van der Waals surface area contributed by atoms with Gasteiger partial charge in [-0.3, -0.25) is 4.79 Å². The second-order valence-electron chi connectivity index (χ2n) is 4.78. The molecule has 0 radical (unpaired) electrons. The number of esters is 1. The summed E-state index contributed by atoms with van der Waals surface area (Å²) in [4.78, 5) is 23.4. The van der Waals surface area contributed by atoms with Crippen molar-refractivity contribution in [2.75, 3.05) is 31.8 Å². The average Bonchev–Trinajstić information content (AvgIpc) is 2.49. The van der Waals surface area contributed by atoms with Gasteiger partial charge in [-0.1, -0.05) is 12.1 Å². The fourth-order valence-corrected chi connectivity index (χ4v) is 2.63. The highest BCUT2D eigenvalue weighted by Gasteiger charge is 2.16. The van der Waals surface area contributed by atoms with Crippen LogP contribution in [0.5, 0.6) is 0 Å². The quantitative estimate of drug-likeness (QED) is 0.568. The standard InChI is InChI=1S/C15H20N2O5S/c1-4-9-17(23(3,20)21)10-8-14(18)16-13-7-5-6-12(11-13)15(19)22-2/h4-7,11H,1,8-10H2,2-3H3,(H,16,18). The van der Waals surface area contributed by atoms with Crippen molar-refractivity contribution in [1.29, 1.82) is 0 Å². The number of benzene rings is 1. The van der Waals surface area contributed by atoms with Crippen LogP contribution in [-0.4, -0.2) is 51.1 Å². The lowest BCUT2D eigenvalue weighted by Gasteiger charge is -2.17. The molecule has 7 nitrogen and oxygen atoms in total. The normalized spacial score (nSPS) is 11.1. The van der Waals surface area contributed by atoms with Crippen molar-refractivity contribution in [2.45, 2.75) is 6.42 Å². The van der Waals surface area contributed by atoms with E-state index in [2.05, 4.69) is 16.6 Å². The Kier molecular flexibility index (Phi) is 6.92. The van der Waals surface area contributed by atoms with Crippen LogP contribution in [0.15, 0.2) is 36.9 Å². The molecule has 0 aliphatic heterocycles. The summed E-state index contributed by atoms with van der Waals surface area (Å²) in [5, 5.41) is 2.62. The molecule has 0 saturated carbocycles. The molecule has 0 atom stereocenters. The van der Waals surface area contributed by atoms with E-state index >= 15 is 0 Å². The van der Waals surface area contributed by atoms with Gasteiger partial charge in [0.05, 0.1) is 18.9 Å². The van der Waals surface area contributed by atoms with E-state index in [9.17, 15) is 18.0 Å². The fraction of sp³-hybridized carbons (Fsp3) is 0.333. The largest absolute Gasteiger partial charge is 0.465 e. The van der Waals surface area contributed by atoms with Crippen molar-refractivity contribution >= 4 is 27.6 Å². The molecule has 1 rings (SSSR count). The first kappa shape index (κ1) is 18.9. The Bertz CT molecular complexity index is 685. The summed E-state index contributed by atoms with van der Waals surface area (Å²) in [6, 6.07) is 6.30. The molecule has 0 saturated heterocycles. The van der Waals surface area contributed by atoms with Crippen molar-refractivity contribution in [3.63, 3.8) is 0 Å². The van der Waals surface area contributed by atoms with Crippen LogP contribution in [-0.2, 0) is 19.6 Å². The molecule has 1 aromatic carbocycles. The monoisotopic (exact) mass is 340 g/mol. The Balaban J connectivity index is 2.66. The van der Waals surface area contributed by atoms with Gasteiger partial charge < -0.3 is 10.1 Å². The van der Waals surface area contributed by atoms with Crippen molar-refractivity contribution in [1.82, 2.24) is 4.31 Å². The number of nitrogens with zero attached hydrogens (tertiary/aromatic N) is 1. The number of amides is 1. The van der Waals surface area contributed by atoms with Gasteiger partial charge in [0.2, 0.25) is 15.9 Å². The lowest BCUT2D eigenvalue weighted by atomic mass is 10.2. The number of hydrogen-bond donors (Lipinski definition) is 1. The first-order valence-corrected chi connectivity index (χ1v) is 8.67. The van der Waals surface area contributed by atoms with Crippen LogP contribution >= 0.6 is 0 Å². The highest BCUT2D eigenvalue weighted by Crippen LogP contribution is 2.12. The number of anilines is 1. The smallest absolute Gasteiger partial charge is 0.337 e. The molecule has 0 unspecified atom stereocenters. The third kappa shape index (κ3) is 6.21. The average molecular weight is 340 g/mol. The molecular weight excluding hydrogens is 320 g/mol. The van der Waals surface area contributed by atoms with Crippen LogP contribution in [0, 0.1) is 0 Å². The number of carbonyl (C=O) groups is 2. The number of ether oxygens (including phenoxy) is 1. The highest BCUT2D eigenvalue weighted by molar-refractivity contribution is 7.88. The van der Waals surface area contributed by atoms with Crippen LogP contribution < -0.4 is 5.32 Å². The first-order chi connectivity index (χ1) is 10.8. The van der Waals surface area contributed by atoms with Gasteiger partial charge in [0.25, 0.3) is 0 Å². The number of nitrogens with one attached hydrogen (secondary N) is 1.